The number of carbonyl (C=O) groups excluding carboxylic acids is 5. The number of hydrogen-bond acceptors (Lipinski definition) is 6. The summed E-state index contributed by atoms with van der Waals surface area (Å²) in [5.74, 6) is -3.27. The summed E-state index contributed by atoms with van der Waals surface area (Å²) in [6.07, 6.45) is 1.83. The van der Waals surface area contributed by atoms with E-state index in [0.717, 1.165) is 6.42 Å². The molecule has 1 heterocycles. The van der Waals surface area contributed by atoms with E-state index in [1.807, 2.05) is 0 Å². The number of aliphatic carboxylic acids is 1. The summed E-state index contributed by atoms with van der Waals surface area (Å²) in [5.41, 5.74) is -0.212. The van der Waals surface area contributed by atoms with Crippen LogP contribution >= 0.6 is 11.6 Å². The standard InChI is InChI=1S/C26H33ClN4O7/c1-13(33)28-15-6-8-18(19(27)10-15)23(36)30-22(26(2,3)4)25(38)31-17-7-5-14(9-17)21(31)24(37)29-16(12-32)11-20(34)35/h6,8,10,12,14,16-17,21-22H,5,7,9,11H2,1-4H3,(H,28,33)(H,29,37)(H,30,36)(H,34,35)/t14-,16?,17-,21-,22+/m0/s1. The Morgan fingerprint density at radius 1 is 1.16 bits per heavy atom. The SMILES string of the molecule is CC(=O)Nc1ccc(C(=O)N[C@H](C(=O)N2[C@H]3CC[C@@H](C3)[C@H]2C(=O)NC(C=O)CC(=O)O)C(C)(C)C)c(Cl)c1. The van der Waals surface area contributed by atoms with E-state index in [2.05, 4.69) is 16.0 Å². The Balaban J connectivity index is 1.84. The fourth-order valence-corrected chi connectivity index (χ4v) is 5.49. The Bertz CT molecular complexity index is 1150. The first-order valence-corrected chi connectivity index (χ1v) is 12.8. The molecule has 1 aromatic rings. The van der Waals surface area contributed by atoms with Gasteiger partial charge in [-0.1, -0.05) is 32.4 Å². The molecule has 2 bridgehead atoms. The van der Waals surface area contributed by atoms with Crippen LogP contribution in [-0.2, 0) is 24.0 Å². The van der Waals surface area contributed by atoms with Crippen LogP contribution in [0.1, 0.15) is 63.7 Å². The van der Waals surface area contributed by atoms with Crippen molar-refractivity contribution >= 4 is 53.2 Å². The molecule has 0 spiro atoms. The lowest BCUT2D eigenvalue weighted by Gasteiger charge is -2.40. The fourth-order valence-electron chi connectivity index (χ4n) is 5.22. The Kier molecular flexibility index (Phi) is 8.81. The van der Waals surface area contributed by atoms with Crippen molar-refractivity contribution in [2.45, 2.75) is 77.5 Å². The highest BCUT2D eigenvalue weighted by molar-refractivity contribution is 6.34. The number of amides is 4. The lowest BCUT2D eigenvalue weighted by Crippen LogP contribution is -2.61. The van der Waals surface area contributed by atoms with Crippen molar-refractivity contribution < 1.29 is 33.9 Å². The van der Waals surface area contributed by atoms with Crippen molar-refractivity contribution in [1.29, 1.82) is 0 Å². The van der Waals surface area contributed by atoms with E-state index >= 15 is 0 Å². The van der Waals surface area contributed by atoms with Crippen LogP contribution in [0, 0.1) is 11.3 Å². The molecule has 38 heavy (non-hydrogen) atoms. The Morgan fingerprint density at radius 3 is 2.39 bits per heavy atom. The van der Waals surface area contributed by atoms with Gasteiger partial charge in [-0.15, -0.1) is 0 Å². The molecular weight excluding hydrogens is 516 g/mol. The molecule has 11 nitrogen and oxygen atoms in total. The molecule has 1 aromatic carbocycles. The number of carboxylic acid groups (broad SMARTS) is 1. The molecule has 4 N–H and O–H groups in total. The number of carbonyl (C=O) groups is 6. The lowest BCUT2D eigenvalue weighted by atomic mass is 9.84. The van der Waals surface area contributed by atoms with Crippen LogP contribution in [0.4, 0.5) is 5.69 Å². The summed E-state index contributed by atoms with van der Waals surface area (Å²) >= 11 is 6.30. The first kappa shape index (κ1) is 29.1. The Morgan fingerprint density at radius 2 is 1.84 bits per heavy atom. The zero-order chi connectivity index (χ0) is 28.4. The third-order valence-corrected chi connectivity index (χ3v) is 7.23. The van der Waals surface area contributed by atoms with Crippen molar-refractivity contribution in [3.8, 4) is 0 Å². The maximum atomic E-state index is 13.9. The molecule has 1 saturated heterocycles. The molecule has 2 fully saturated rings. The van der Waals surface area contributed by atoms with Gasteiger partial charge in [0.2, 0.25) is 17.7 Å². The number of halogens is 1. The number of nitrogens with zero attached hydrogens (tertiary/aromatic N) is 1. The van der Waals surface area contributed by atoms with E-state index in [1.165, 1.54) is 30.0 Å². The van der Waals surface area contributed by atoms with Gasteiger partial charge in [0.05, 0.1) is 23.0 Å². The number of nitrogens with one attached hydrogen (secondary N) is 3. The van der Waals surface area contributed by atoms with Gasteiger partial charge in [-0.2, -0.15) is 0 Å². The molecule has 5 atom stereocenters. The van der Waals surface area contributed by atoms with Crippen molar-refractivity contribution in [2.24, 2.45) is 11.3 Å². The molecule has 1 unspecified atom stereocenters. The summed E-state index contributed by atoms with van der Waals surface area (Å²) in [7, 11) is 0. The van der Waals surface area contributed by atoms with Crippen LogP contribution in [0.25, 0.3) is 0 Å². The monoisotopic (exact) mass is 548 g/mol. The molecule has 1 saturated carbocycles. The van der Waals surface area contributed by atoms with Gasteiger partial charge in [0.15, 0.2) is 0 Å². The van der Waals surface area contributed by atoms with Crippen LogP contribution in [0.15, 0.2) is 18.2 Å². The van der Waals surface area contributed by atoms with Gasteiger partial charge in [0.25, 0.3) is 5.91 Å². The number of benzene rings is 1. The van der Waals surface area contributed by atoms with Crippen molar-refractivity contribution in [3.63, 3.8) is 0 Å². The molecular formula is C26H33ClN4O7. The topological polar surface area (TPSA) is 162 Å². The number of fused-ring (bicyclic) bond motifs is 2. The first-order valence-electron chi connectivity index (χ1n) is 12.4. The molecule has 3 rings (SSSR count). The minimum absolute atomic E-state index is 0.0877. The second-order valence-corrected chi connectivity index (χ2v) is 11.3. The highest BCUT2D eigenvalue weighted by Gasteiger charge is 2.53. The van der Waals surface area contributed by atoms with E-state index < -0.39 is 53.7 Å². The number of aldehydes is 1. The quantitative estimate of drug-likeness (QED) is 0.343. The van der Waals surface area contributed by atoms with Gasteiger partial charge in [-0.25, -0.2) is 0 Å². The number of likely N-dealkylation sites (tertiary alicyclic amines) is 1. The predicted molar refractivity (Wildman–Crippen MR) is 138 cm³/mol. The lowest BCUT2D eigenvalue weighted by molar-refractivity contribution is -0.147. The molecule has 4 amide bonds. The smallest absolute Gasteiger partial charge is 0.305 e. The average Bonchev–Trinajstić information content (AvgIpc) is 3.42. The van der Waals surface area contributed by atoms with E-state index in [9.17, 15) is 28.8 Å². The van der Waals surface area contributed by atoms with Crippen molar-refractivity contribution in [1.82, 2.24) is 15.5 Å². The van der Waals surface area contributed by atoms with E-state index in [-0.39, 0.29) is 28.5 Å². The molecule has 1 aliphatic carbocycles. The average molecular weight is 549 g/mol. The minimum atomic E-state index is -1.23. The van der Waals surface area contributed by atoms with Crippen LogP contribution in [0.5, 0.6) is 0 Å². The summed E-state index contributed by atoms with van der Waals surface area (Å²) in [5, 5.41) is 16.9. The zero-order valence-electron chi connectivity index (χ0n) is 21.7. The summed E-state index contributed by atoms with van der Waals surface area (Å²) in [4.78, 5) is 75.5. The maximum Gasteiger partial charge on any atom is 0.305 e. The highest BCUT2D eigenvalue weighted by atomic mass is 35.5. The molecule has 1 aliphatic heterocycles. The number of hydrogen-bond donors (Lipinski definition) is 4. The third kappa shape index (κ3) is 6.50. The second kappa shape index (κ2) is 11.5. The van der Waals surface area contributed by atoms with Crippen LogP contribution < -0.4 is 16.0 Å². The van der Waals surface area contributed by atoms with Crippen LogP contribution in [0.2, 0.25) is 5.02 Å². The fraction of sp³-hybridized carbons (Fsp3) is 0.538. The molecule has 0 radical (unpaired) electrons. The molecule has 0 aromatic heterocycles. The summed E-state index contributed by atoms with van der Waals surface area (Å²) < 4.78 is 0. The first-order chi connectivity index (χ1) is 17.7. The Labute approximate surface area is 225 Å². The predicted octanol–water partition coefficient (Wildman–Crippen LogP) is 1.98. The van der Waals surface area contributed by atoms with E-state index in [4.69, 9.17) is 16.7 Å². The van der Waals surface area contributed by atoms with Gasteiger partial charge in [-0.3, -0.25) is 24.0 Å². The number of carboxylic acids is 1. The highest BCUT2D eigenvalue weighted by Crippen LogP contribution is 2.43. The maximum absolute atomic E-state index is 13.9. The minimum Gasteiger partial charge on any atom is -0.481 e. The summed E-state index contributed by atoms with van der Waals surface area (Å²) in [6.45, 7) is 6.71. The van der Waals surface area contributed by atoms with Gasteiger partial charge in [0, 0.05) is 18.7 Å². The van der Waals surface area contributed by atoms with E-state index in [0.29, 0.717) is 24.8 Å². The summed E-state index contributed by atoms with van der Waals surface area (Å²) in [6, 6.07) is 1.10. The zero-order valence-corrected chi connectivity index (χ0v) is 22.5. The molecule has 12 heteroatoms. The Hall–Kier alpha value is -3.47. The van der Waals surface area contributed by atoms with Crippen LogP contribution in [0.3, 0.4) is 0 Å². The van der Waals surface area contributed by atoms with Crippen molar-refractivity contribution in [2.75, 3.05) is 5.32 Å². The van der Waals surface area contributed by atoms with Crippen molar-refractivity contribution in [3.05, 3.63) is 28.8 Å². The largest absolute Gasteiger partial charge is 0.481 e. The second-order valence-electron chi connectivity index (χ2n) is 10.9. The molecule has 206 valence electrons. The number of anilines is 1. The molecule has 2 aliphatic rings. The normalized spacial score (nSPS) is 21.8. The number of rotatable bonds is 9. The van der Waals surface area contributed by atoms with Gasteiger partial charge in [-0.05, 0) is 48.8 Å². The van der Waals surface area contributed by atoms with Gasteiger partial charge in [0.1, 0.15) is 18.4 Å². The van der Waals surface area contributed by atoms with Gasteiger partial charge < -0.3 is 30.8 Å². The van der Waals surface area contributed by atoms with Gasteiger partial charge >= 0.3 is 5.97 Å². The number of piperidine rings is 1. The third-order valence-electron chi connectivity index (χ3n) is 6.92. The van der Waals surface area contributed by atoms with Crippen LogP contribution in [-0.4, -0.2) is 70.1 Å². The van der Waals surface area contributed by atoms with E-state index in [1.54, 1.807) is 20.8 Å².